The zero-order valence-electron chi connectivity index (χ0n) is 6.57. The van der Waals surface area contributed by atoms with Crippen molar-refractivity contribution in [1.82, 2.24) is 10.4 Å². The van der Waals surface area contributed by atoms with Crippen molar-refractivity contribution in [2.24, 2.45) is 5.41 Å². The van der Waals surface area contributed by atoms with E-state index in [0.29, 0.717) is 5.41 Å². The van der Waals surface area contributed by atoms with E-state index in [0.717, 1.165) is 0 Å². The Morgan fingerprint density at radius 3 is 2.33 bits per heavy atom. The van der Waals surface area contributed by atoms with E-state index < -0.39 is 0 Å². The molecular weight excluding hydrogens is 112 g/mol. The molecule has 0 aromatic rings. The summed E-state index contributed by atoms with van der Waals surface area (Å²) in [4.78, 5) is 0. The van der Waals surface area contributed by atoms with Crippen molar-refractivity contribution in [3.8, 4) is 0 Å². The molecule has 0 saturated carbocycles. The van der Waals surface area contributed by atoms with Crippen molar-refractivity contribution < 1.29 is 0 Å². The van der Waals surface area contributed by atoms with Crippen molar-refractivity contribution >= 4 is 0 Å². The average molecular weight is 128 g/mol. The van der Waals surface area contributed by atoms with Crippen LogP contribution in [0.2, 0.25) is 0 Å². The van der Waals surface area contributed by atoms with Crippen molar-refractivity contribution in [1.29, 1.82) is 0 Å². The number of hydrogen-bond donors (Lipinski definition) is 1. The molecule has 0 atom stereocenters. The standard InChI is InChI=1S/C7H16N2/c1-7(2)4-5-9(6-7)8-3/h8H,4-6H2,1-3H3. The summed E-state index contributed by atoms with van der Waals surface area (Å²) in [5, 5.41) is 2.26. The summed E-state index contributed by atoms with van der Waals surface area (Å²) in [7, 11) is 1.99. The Labute approximate surface area is 57.2 Å². The third-order valence-electron chi connectivity index (χ3n) is 1.99. The topological polar surface area (TPSA) is 15.3 Å². The first kappa shape index (κ1) is 7.03. The lowest BCUT2D eigenvalue weighted by atomic mass is 9.93. The second-order valence-electron chi connectivity index (χ2n) is 3.56. The average Bonchev–Trinajstić information content (AvgIpc) is 2.10. The molecule has 0 unspecified atom stereocenters. The van der Waals surface area contributed by atoms with E-state index >= 15 is 0 Å². The highest BCUT2D eigenvalue weighted by Gasteiger charge is 2.27. The van der Waals surface area contributed by atoms with Crippen molar-refractivity contribution in [2.75, 3.05) is 20.1 Å². The van der Waals surface area contributed by atoms with Gasteiger partial charge in [-0.15, -0.1) is 0 Å². The van der Waals surface area contributed by atoms with Gasteiger partial charge in [0.15, 0.2) is 0 Å². The van der Waals surface area contributed by atoms with Gasteiger partial charge >= 0.3 is 0 Å². The first-order valence-electron chi connectivity index (χ1n) is 3.56. The number of rotatable bonds is 1. The first-order chi connectivity index (χ1) is 4.14. The lowest BCUT2D eigenvalue weighted by Gasteiger charge is -2.17. The van der Waals surface area contributed by atoms with Gasteiger partial charge in [0.05, 0.1) is 0 Å². The van der Waals surface area contributed by atoms with Crippen LogP contribution in [0.15, 0.2) is 0 Å². The normalized spacial score (nSPS) is 27.0. The summed E-state index contributed by atoms with van der Waals surface area (Å²) in [6.45, 7) is 7.00. The lowest BCUT2D eigenvalue weighted by molar-refractivity contribution is 0.231. The van der Waals surface area contributed by atoms with Gasteiger partial charge in [-0.3, -0.25) is 5.43 Å². The summed E-state index contributed by atoms with van der Waals surface area (Å²) < 4.78 is 0. The lowest BCUT2D eigenvalue weighted by Crippen LogP contribution is -2.33. The van der Waals surface area contributed by atoms with Crippen LogP contribution in [-0.4, -0.2) is 25.1 Å². The third-order valence-corrected chi connectivity index (χ3v) is 1.99. The summed E-state index contributed by atoms with van der Waals surface area (Å²) in [6.07, 6.45) is 1.31. The summed E-state index contributed by atoms with van der Waals surface area (Å²) >= 11 is 0. The molecule has 1 aliphatic rings. The van der Waals surface area contributed by atoms with E-state index in [1.165, 1.54) is 19.5 Å². The van der Waals surface area contributed by atoms with Crippen LogP contribution in [0.3, 0.4) is 0 Å². The molecule has 2 nitrogen and oxygen atoms in total. The van der Waals surface area contributed by atoms with E-state index in [1.54, 1.807) is 0 Å². The Balaban J connectivity index is 2.38. The van der Waals surface area contributed by atoms with Crippen molar-refractivity contribution in [3.05, 3.63) is 0 Å². The Hall–Kier alpha value is -0.0800. The smallest absolute Gasteiger partial charge is 0.0182 e. The molecule has 1 saturated heterocycles. The SMILES string of the molecule is CNN1CCC(C)(C)C1. The molecule has 54 valence electrons. The Morgan fingerprint density at radius 2 is 2.11 bits per heavy atom. The Bertz CT molecular complexity index is 99.1. The van der Waals surface area contributed by atoms with Crippen LogP contribution in [0.5, 0.6) is 0 Å². The van der Waals surface area contributed by atoms with Gasteiger partial charge in [-0.25, -0.2) is 5.01 Å². The molecule has 1 aliphatic heterocycles. The minimum Gasteiger partial charge on any atom is -0.258 e. The predicted molar refractivity (Wildman–Crippen MR) is 39.0 cm³/mol. The molecular formula is C7H16N2. The maximum atomic E-state index is 3.15. The summed E-state index contributed by atoms with van der Waals surface area (Å²) in [5.74, 6) is 0. The fraction of sp³-hybridized carbons (Fsp3) is 1.00. The monoisotopic (exact) mass is 128 g/mol. The van der Waals surface area contributed by atoms with Crippen LogP contribution < -0.4 is 5.43 Å². The maximum Gasteiger partial charge on any atom is 0.0182 e. The van der Waals surface area contributed by atoms with Gasteiger partial charge in [-0.1, -0.05) is 13.8 Å². The zero-order valence-corrected chi connectivity index (χ0v) is 6.57. The predicted octanol–water partition coefficient (Wildman–Crippen LogP) is 0.853. The molecule has 0 spiro atoms. The van der Waals surface area contributed by atoms with Crippen molar-refractivity contribution in [2.45, 2.75) is 20.3 Å². The molecule has 0 aliphatic carbocycles. The Morgan fingerprint density at radius 1 is 1.44 bits per heavy atom. The molecule has 0 aromatic carbocycles. The molecule has 1 rings (SSSR count). The van der Waals surface area contributed by atoms with Gasteiger partial charge in [0.2, 0.25) is 0 Å². The fourth-order valence-corrected chi connectivity index (χ4v) is 1.30. The van der Waals surface area contributed by atoms with Crippen LogP contribution >= 0.6 is 0 Å². The molecule has 9 heavy (non-hydrogen) atoms. The second-order valence-corrected chi connectivity index (χ2v) is 3.56. The Kier molecular flexibility index (Phi) is 1.78. The molecule has 0 amide bonds. The highest BCUT2D eigenvalue weighted by molar-refractivity contribution is 4.79. The fourth-order valence-electron chi connectivity index (χ4n) is 1.30. The van der Waals surface area contributed by atoms with Crippen molar-refractivity contribution in [3.63, 3.8) is 0 Å². The quantitative estimate of drug-likeness (QED) is 0.563. The highest BCUT2D eigenvalue weighted by atomic mass is 15.5. The number of hydrogen-bond acceptors (Lipinski definition) is 2. The van der Waals surface area contributed by atoms with Gasteiger partial charge in [0.1, 0.15) is 0 Å². The highest BCUT2D eigenvalue weighted by Crippen LogP contribution is 2.26. The van der Waals surface area contributed by atoms with Crippen LogP contribution in [0.25, 0.3) is 0 Å². The van der Waals surface area contributed by atoms with Crippen LogP contribution in [0.1, 0.15) is 20.3 Å². The number of nitrogens with one attached hydrogen (secondary N) is 1. The van der Waals surface area contributed by atoms with Gasteiger partial charge in [-0.05, 0) is 18.9 Å². The largest absolute Gasteiger partial charge is 0.258 e. The second kappa shape index (κ2) is 2.27. The molecule has 1 fully saturated rings. The van der Waals surface area contributed by atoms with Crippen LogP contribution in [-0.2, 0) is 0 Å². The van der Waals surface area contributed by atoms with Crippen LogP contribution in [0, 0.1) is 5.41 Å². The first-order valence-corrected chi connectivity index (χ1v) is 3.56. The van der Waals surface area contributed by atoms with E-state index in [9.17, 15) is 0 Å². The summed E-state index contributed by atoms with van der Waals surface area (Å²) in [5.41, 5.74) is 3.68. The molecule has 0 bridgehead atoms. The van der Waals surface area contributed by atoms with Gasteiger partial charge in [-0.2, -0.15) is 0 Å². The minimum atomic E-state index is 0.531. The van der Waals surface area contributed by atoms with E-state index in [-0.39, 0.29) is 0 Å². The van der Waals surface area contributed by atoms with Gasteiger partial charge < -0.3 is 0 Å². The van der Waals surface area contributed by atoms with Crippen LogP contribution in [0.4, 0.5) is 0 Å². The summed E-state index contributed by atoms with van der Waals surface area (Å²) in [6, 6.07) is 0. The molecule has 2 heteroatoms. The van der Waals surface area contributed by atoms with E-state index in [4.69, 9.17) is 0 Å². The molecule has 0 radical (unpaired) electrons. The zero-order chi connectivity index (χ0) is 6.91. The third kappa shape index (κ3) is 1.66. The van der Waals surface area contributed by atoms with E-state index in [1.807, 2.05) is 7.05 Å². The molecule has 1 heterocycles. The van der Waals surface area contributed by atoms with E-state index in [2.05, 4.69) is 24.3 Å². The minimum absolute atomic E-state index is 0.531. The maximum absolute atomic E-state index is 3.15. The number of hydrazine groups is 1. The van der Waals surface area contributed by atoms with Gasteiger partial charge in [0.25, 0.3) is 0 Å². The molecule has 1 N–H and O–H groups in total. The number of nitrogens with zero attached hydrogens (tertiary/aromatic N) is 1. The molecule has 0 aromatic heterocycles. The van der Waals surface area contributed by atoms with Gasteiger partial charge in [0, 0.05) is 13.1 Å².